The van der Waals surface area contributed by atoms with Crippen molar-refractivity contribution in [3.8, 4) is 5.75 Å². The lowest BCUT2D eigenvalue weighted by Crippen LogP contribution is -2.47. The first kappa shape index (κ1) is 24.4. The molecular formula is C23H26N2O7. The molecule has 2 aromatic carbocycles. The van der Waals surface area contributed by atoms with Crippen LogP contribution in [0.1, 0.15) is 44.9 Å². The van der Waals surface area contributed by atoms with Crippen LogP contribution in [-0.2, 0) is 14.3 Å². The first-order valence-electron chi connectivity index (χ1n) is 9.77. The highest BCUT2D eigenvalue weighted by Gasteiger charge is 2.25. The molecule has 0 saturated carbocycles. The number of rotatable bonds is 8. The van der Waals surface area contributed by atoms with Gasteiger partial charge in [0, 0.05) is 11.3 Å². The van der Waals surface area contributed by atoms with Gasteiger partial charge < -0.3 is 24.8 Å². The summed E-state index contributed by atoms with van der Waals surface area (Å²) in [5.74, 6) is -1.95. The minimum atomic E-state index is -0.882. The number of amides is 2. The maximum Gasteiger partial charge on any atom is 0.337 e. The van der Waals surface area contributed by atoms with Crippen LogP contribution in [0.25, 0.3) is 0 Å². The van der Waals surface area contributed by atoms with Crippen molar-refractivity contribution in [2.75, 3.05) is 26.6 Å². The Morgan fingerprint density at radius 1 is 0.781 bits per heavy atom. The van der Waals surface area contributed by atoms with E-state index in [1.54, 1.807) is 38.1 Å². The number of esters is 2. The van der Waals surface area contributed by atoms with E-state index in [0.29, 0.717) is 11.3 Å². The molecule has 9 heteroatoms. The SMILES string of the molecule is COC(=O)c1cc(NC(=O)C(NC(=O)c2ccc(OC)cc2)C(C)C)cc(C(=O)OC)c1. The molecule has 0 spiro atoms. The highest BCUT2D eigenvalue weighted by Crippen LogP contribution is 2.18. The zero-order valence-corrected chi connectivity index (χ0v) is 18.6. The monoisotopic (exact) mass is 442 g/mol. The van der Waals surface area contributed by atoms with Crippen LogP contribution in [0.5, 0.6) is 5.75 Å². The van der Waals surface area contributed by atoms with Crippen molar-refractivity contribution in [1.82, 2.24) is 5.32 Å². The average Bonchev–Trinajstić information content (AvgIpc) is 2.80. The van der Waals surface area contributed by atoms with E-state index < -0.39 is 29.8 Å². The van der Waals surface area contributed by atoms with Gasteiger partial charge in [0.1, 0.15) is 11.8 Å². The number of hydrogen-bond acceptors (Lipinski definition) is 7. The molecule has 2 N–H and O–H groups in total. The molecule has 9 nitrogen and oxygen atoms in total. The molecule has 2 amide bonds. The van der Waals surface area contributed by atoms with Crippen molar-refractivity contribution in [3.63, 3.8) is 0 Å². The summed E-state index contributed by atoms with van der Waals surface area (Å²) in [6, 6.07) is 9.64. The Labute approximate surface area is 186 Å². The minimum absolute atomic E-state index is 0.0639. The first-order chi connectivity index (χ1) is 15.2. The lowest BCUT2D eigenvalue weighted by Gasteiger charge is -2.22. The van der Waals surface area contributed by atoms with E-state index in [4.69, 9.17) is 14.2 Å². The molecule has 0 fully saturated rings. The molecule has 0 aliphatic heterocycles. The summed E-state index contributed by atoms with van der Waals surface area (Å²) in [7, 11) is 3.93. The van der Waals surface area contributed by atoms with E-state index in [0.717, 1.165) is 0 Å². The molecule has 2 rings (SSSR count). The second kappa shape index (κ2) is 10.9. The Bertz CT molecular complexity index is 966. The van der Waals surface area contributed by atoms with Crippen LogP contribution in [0.4, 0.5) is 5.69 Å². The summed E-state index contributed by atoms with van der Waals surface area (Å²) < 4.78 is 14.5. The topological polar surface area (TPSA) is 120 Å². The van der Waals surface area contributed by atoms with Crippen LogP contribution in [0.15, 0.2) is 42.5 Å². The van der Waals surface area contributed by atoms with Crippen LogP contribution >= 0.6 is 0 Å². The number of hydrogen-bond donors (Lipinski definition) is 2. The van der Waals surface area contributed by atoms with Gasteiger partial charge in [-0.3, -0.25) is 9.59 Å². The van der Waals surface area contributed by atoms with Gasteiger partial charge in [0.2, 0.25) is 5.91 Å². The molecule has 0 aromatic heterocycles. The van der Waals surface area contributed by atoms with E-state index >= 15 is 0 Å². The van der Waals surface area contributed by atoms with Crippen LogP contribution in [0.2, 0.25) is 0 Å². The van der Waals surface area contributed by atoms with Crippen molar-refractivity contribution >= 4 is 29.4 Å². The maximum absolute atomic E-state index is 12.9. The van der Waals surface area contributed by atoms with Gasteiger partial charge in [-0.25, -0.2) is 9.59 Å². The van der Waals surface area contributed by atoms with Gasteiger partial charge in [0.25, 0.3) is 5.91 Å². The van der Waals surface area contributed by atoms with Gasteiger partial charge in [-0.15, -0.1) is 0 Å². The second-order valence-electron chi connectivity index (χ2n) is 7.20. The summed E-state index contributed by atoms with van der Waals surface area (Å²) in [6.07, 6.45) is 0. The second-order valence-corrected chi connectivity index (χ2v) is 7.20. The molecule has 1 unspecified atom stereocenters. The lowest BCUT2D eigenvalue weighted by atomic mass is 10.0. The minimum Gasteiger partial charge on any atom is -0.497 e. The molecule has 1 atom stereocenters. The molecule has 0 aliphatic rings. The standard InChI is InChI=1S/C23H26N2O7/c1-13(2)19(25-20(26)14-6-8-18(30-3)9-7-14)21(27)24-17-11-15(22(28)31-4)10-16(12-17)23(29)32-5/h6-13,19H,1-5H3,(H,24,27)(H,25,26). The average molecular weight is 442 g/mol. The highest BCUT2D eigenvalue weighted by atomic mass is 16.5. The fraction of sp³-hybridized carbons (Fsp3) is 0.304. The number of benzene rings is 2. The number of anilines is 1. The zero-order valence-electron chi connectivity index (χ0n) is 18.6. The summed E-state index contributed by atoms with van der Waals surface area (Å²) in [6.45, 7) is 3.56. The van der Waals surface area contributed by atoms with Crippen molar-refractivity contribution in [2.24, 2.45) is 5.92 Å². The van der Waals surface area contributed by atoms with Crippen molar-refractivity contribution in [1.29, 1.82) is 0 Å². The zero-order chi connectivity index (χ0) is 23.8. The Kier molecular flexibility index (Phi) is 8.34. The number of nitrogens with one attached hydrogen (secondary N) is 2. The molecular weight excluding hydrogens is 416 g/mol. The van der Waals surface area contributed by atoms with E-state index in [-0.39, 0.29) is 22.7 Å². The van der Waals surface area contributed by atoms with Crippen LogP contribution in [0.3, 0.4) is 0 Å². The molecule has 32 heavy (non-hydrogen) atoms. The molecule has 2 aromatic rings. The molecule has 170 valence electrons. The summed E-state index contributed by atoms with van der Waals surface area (Å²) in [5.41, 5.74) is 0.677. The Morgan fingerprint density at radius 3 is 1.75 bits per heavy atom. The van der Waals surface area contributed by atoms with Crippen LogP contribution in [-0.4, -0.2) is 51.1 Å². The number of carbonyl (C=O) groups is 4. The predicted octanol–water partition coefficient (Wildman–Crippen LogP) is 2.66. The third-order valence-corrected chi connectivity index (χ3v) is 4.63. The van der Waals surface area contributed by atoms with Gasteiger partial charge in [0.05, 0.1) is 32.5 Å². The molecule has 0 saturated heterocycles. The van der Waals surface area contributed by atoms with Crippen molar-refractivity contribution in [3.05, 3.63) is 59.2 Å². The van der Waals surface area contributed by atoms with Crippen LogP contribution < -0.4 is 15.4 Å². The first-order valence-corrected chi connectivity index (χ1v) is 9.77. The largest absolute Gasteiger partial charge is 0.497 e. The molecule has 0 aliphatic carbocycles. The van der Waals surface area contributed by atoms with Crippen molar-refractivity contribution < 1.29 is 33.4 Å². The number of carbonyl (C=O) groups excluding carboxylic acids is 4. The fourth-order valence-corrected chi connectivity index (χ4v) is 2.89. The molecule has 0 bridgehead atoms. The van der Waals surface area contributed by atoms with E-state index in [1.165, 1.54) is 39.5 Å². The summed E-state index contributed by atoms with van der Waals surface area (Å²) in [5, 5.41) is 5.36. The highest BCUT2D eigenvalue weighted by molar-refractivity contribution is 6.03. The maximum atomic E-state index is 12.9. The van der Waals surface area contributed by atoms with Gasteiger partial charge >= 0.3 is 11.9 Å². The number of ether oxygens (including phenoxy) is 3. The van der Waals surface area contributed by atoms with Crippen LogP contribution in [0, 0.1) is 5.92 Å². The summed E-state index contributed by atoms with van der Waals surface area (Å²) in [4.78, 5) is 49.5. The third-order valence-electron chi connectivity index (χ3n) is 4.63. The van der Waals surface area contributed by atoms with Gasteiger partial charge in [0.15, 0.2) is 0 Å². The lowest BCUT2D eigenvalue weighted by molar-refractivity contribution is -0.118. The van der Waals surface area contributed by atoms with Crippen molar-refractivity contribution in [2.45, 2.75) is 19.9 Å². The van der Waals surface area contributed by atoms with E-state index in [1.807, 2.05) is 0 Å². The van der Waals surface area contributed by atoms with Gasteiger partial charge in [-0.2, -0.15) is 0 Å². The van der Waals surface area contributed by atoms with E-state index in [2.05, 4.69) is 10.6 Å². The van der Waals surface area contributed by atoms with E-state index in [9.17, 15) is 19.2 Å². The molecule has 0 heterocycles. The Hall–Kier alpha value is -3.88. The Balaban J connectivity index is 2.25. The predicted molar refractivity (Wildman–Crippen MR) is 117 cm³/mol. The Morgan fingerprint density at radius 2 is 1.31 bits per heavy atom. The quantitative estimate of drug-likeness (QED) is 0.603. The normalized spacial score (nSPS) is 11.3. The van der Waals surface area contributed by atoms with Gasteiger partial charge in [-0.1, -0.05) is 13.8 Å². The number of methoxy groups -OCH3 is 3. The third kappa shape index (κ3) is 6.07. The summed E-state index contributed by atoms with van der Waals surface area (Å²) >= 11 is 0. The fourth-order valence-electron chi connectivity index (χ4n) is 2.89. The van der Waals surface area contributed by atoms with Gasteiger partial charge in [-0.05, 0) is 48.4 Å². The molecule has 0 radical (unpaired) electrons. The smallest absolute Gasteiger partial charge is 0.337 e.